The van der Waals surface area contributed by atoms with Crippen molar-refractivity contribution in [1.29, 1.82) is 0 Å². The van der Waals surface area contributed by atoms with Gasteiger partial charge in [0, 0.05) is 25.7 Å². The summed E-state index contributed by atoms with van der Waals surface area (Å²) in [5.41, 5.74) is 1.05. The molecule has 2 aromatic heterocycles. The zero-order chi connectivity index (χ0) is 14.1. The van der Waals surface area contributed by atoms with Crippen molar-refractivity contribution in [1.82, 2.24) is 14.6 Å². The smallest absolute Gasteiger partial charge is 0.306 e. The maximum atomic E-state index is 11.0. The van der Waals surface area contributed by atoms with Crippen LogP contribution < -0.4 is 4.90 Å². The van der Waals surface area contributed by atoms with Crippen molar-refractivity contribution in [2.45, 2.75) is 26.2 Å². The van der Waals surface area contributed by atoms with Gasteiger partial charge in [-0.25, -0.2) is 0 Å². The first-order valence-electron chi connectivity index (χ1n) is 7.01. The second kappa shape index (κ2) is 5.11. The van der Waals surface area contributed by atoms with Gasteiger partial charge in [0.2, 0.25) is 0 Å². The molecule has 0 amide bonds. The molecule has 0 saturated carbocycles. The van der Waals surface area contributed by atoms with Crippen molar-refractivity contribution in [2.24, 2.45) is 5.92 Å². The van der Waals surface area contributed by atoms with Gasteiger partial charge in [0.15, 0.2) is 5.82 Å². The highest BCUT2D eigenvalue weighted by Gasteiger charge is 2.26. The van der Waals surface area contributed by atoms with Gasteiger partial charge in [-0.3, -0.25) is 4.79 Å². The van der Waals surface area contributed by atoms with Crippen LogP contribution in [0.5, 0.6) is 0 Å². The lowest BCUT2D eigenvalue weighted by Gasteiger charge is -2.31. The molecule has 106 valence electrons. The van der Waals surface area contributed by atoms with Crippen LogP contribution in [0.3, 0.4) is 0 Å². The van der Waals surface area contributed by atoms with Crippen molar-refractivity contribution in [3.63, 3.8) is 0 Å². The molecular formula is C14H18N4O2. The summed E-state index contributed by atoms with van der Waals surface area (Å²) in [7, 11) is 0. The molecule has 2 aromatic rings. The lowest BCUT2D eigenvalue weighted by atomic mass is 9.97. The van der Waals surface area contributed by atoms with Gasteiger partial charge >= 0.3 is 5.97 Å². The van der Waals surface area contributed by atoms with Crippen LogP contribution in [0.1, 0.15) is 25.6 Å². The summed E-state index contributed by atoms with van der Waals surface area (Å²) in [6.07, 6.45) is 4.16. The highest BCUT2D eigenvalue weighted by Crippen LogP contribution is 2.25. The topological polar surface area (TPSA) is 70.7 Å². The molecule has 1 saturated heterocycles. The molecule has 0 bridgehead atoms. The van der Waals surface area contributed by atoms with Gasteiger partial charge < -0.3 is 14.4 Å². The van der Waals surface area contributed by atoms with Gasteiger partial charge in [-0.1, -0.05) is 6.92 Å². The molecule has 0 atom stereocenters. The normalized spacial score (nSPS) is 16.8. The van der Waals surface area contributed by atoms with Crippen LogP contribution in [0.25, 0.3) is 5.52 Å². The molecule has 0 radical (unpaired) electrons. The number of aliphatic carboxylic acids is 1. The van der Waals surface area contributed by atoms with Crippen LogP contribution in [0.4, 0.5) is 5.82 Å². The summed E-state index contributed by atoms with van der Waals surface area (Å²) in [5, 5.41) is 17.7. The van der Waals surface area contributed by atoms with Crippen LogP contribution in [0.15, 0.2) is 18.3 Å². The van der Waals surface area contributed by atoms with E-state index in [2.05, 4.69) is 26.4 Å². The van der Waals surface area contributed by atoms with Crippen molar-refractivity contribution in [2.75, 3.05) is 18.0 Å². The first-order valence-corrected chi connectivity index (χ1v) is 7.01. The Bertz CT molecular complexity index is 629. The third-order valence-electron chi connectivity index (χ3n) is 3.98. The molecule has 3 rings (SSSR count). The minimum absolute atomic E-state index is 0.225. The highest BCUT2D eigenvalue weighted by atomic mass is 16.4. The van der Waals surface area contributed by atoms with Crippen LogP contribution in [-0.2, 0) is 11.2 Å². The van der Waals surface area contributed by atoms with Crippen LogP contribution >= 0.6 is 0 Å². The minimum Gasteiger partial charge on any atom is -0.481 e. The number of aromatic nitrogens is 3. The van der Waals surface area contributed by atoms with Crippen molar-refractivity contribution < 1.29 is 9.90 Å². The zero-order valence-corrected chi connectivity index (χ0v) is 11.5. The maximum absolute atomic E-state index is 11.0. The predicted molar refractivity (Wildman–Crippen MR) is 74.9 cm³/mol. The average Bonchev–Trinajstić information content (AvgIpc) is 2.95. The van der Waals surface area contributed by atoms with Crippen LogP contribution in [0.2, 0.25) is 0 Å². The number of hydrogen-bond acceptors (Lipinski definition) is 4. The van der Waals surface area contributed by atoms with Crippen molar-refractivity contribution in [3.05, 3.63) is 24.2 Å². The maximum Gasteiger partial charge on any atom is 0.306 e. The van der Waals surface area contributed by atoms with Gasteiger partial charge in [0.25, 0.3) is 0 Å². The molecule has 3 heterocycles. The second-order valence-corrected chi connectivity index (χ2v) is 5.16. The van der Waals surface area contributed by atoms with E-state index in [1.807, 2.05) is 18.3 Å². The molecule has 6 heteroatoms. The molecule has 20 heavy (non-hydrogen) atoms. The van der Waals surface area contributed by atoms with Gasteiger partial charge in [-0.05, 0) is 25.0 Å². The Morgan fingerprint density at radius 1 is 1.40 bits per heavy atom. The number of piperidine rings is 1. The number of fused-ring (bicyclic) bond motifs is 1. The fraction of sp³-hybridized carbons (Fsp3) is 0.500. The number of carboxylic acid groups (broad SMARTS) is 1. The van der Waals surface area contributed by atoms with Crippen LogP contribution in [0, 0.1) is 5.92 Å². The second-order valence-electron chi connectivity index (χ2n) is 5.16. The van der Waals surface area contributed by atoms with E-state index in [-0.39, 0.29) is 5.92 Å². The lowest BCUT2D eigenvalue weighted by molar-refractivity contribution is -0.142. The molecule has 1 aliphatic heterocycles. The molecule has 1 N–H and O–H groups in total. The van der Waals surface area contributed by atoms with E-state index in [1.165, 1.54) is 0 Å². The molecule has 0 aliphatic carbocycles. The Morgan fingerprint density at radius 3 is 2.80 bits per heavy atom. The summed E-state index contributed by atoms with van der Waals surface area (Å²) in [4.78, 5) is 13.1. The Hall–Kier alpha value is -2.11. The Kier molecular flexibility index (Phi) is 3.30. The molecule has 0 unspecified atom stereocenters. The molecule has 0 spiro atoms. The summed E-state index contributed by atoms with van der Waals surface area (Å²) < 4.78 is 2.06. The zero-order valence-electron chi connectivity index (χ0n) is 11.5. The molecule has 6 nitrogen and oxygen atoms in total. The summed E-state index contributed by atoms with van der Waals surface area (Å²) in [5.74, 6) is 0.882. The first-order chi connectivity index (χ1) is 9.70. The predicted octanol–water partition coefficient (Wildman–Crippen LogP) is 1.59. The number of carboxylic acids is 1. The number of aryl methyl sites for hydroxylation is 1. The third-order valence-corrected chi connectivity index (χ3v) is 3.98. The molecule has 1 fully saturated rings. The Balaban J connectivity index is 1.88. The molecule has 0 aromatic carbocycles. The third kappa shape index (κ3) is 2.11. The van der Waals surface area contributed by atoms with Gasteiger partial charge in [0.05, 0.1) is 11.4 Å². The first kappa shape index (κ1) is 12.9. The summed E-state index contributed by atoms with van der Waals surface area (Å²) in [6.45, 7) is 3.50. The van der Waals surface area contributed by atoms with Gasteiger partial charge in [-0.2, -0.15) is 0 Å². The number of hydrogen-bond donors (Lipinski definition) is 1. The standard InChI is InChI=1S/C14H18N4O2/c1-2-12-15-16-13(11-4-3-7-18(11)12)17-8-5-10(6-9-17)14(19)20/h3-4,7,10H,2,5-6,8-9H2,1H3,(H,19,20). The minimum atomic E-state index is -0.690. The fourth-order valence-corrected chi connectivity index (χ4v) is 2.80. The van der Waals surface area contributed by atoms with E-state index in [9.17, 15) is 4.79 Å². The monoisotopic (exact) mass is 274 g/mol. The number of rotatable bonds is 3. The van der Waals surface area contributed by atoms with E-state index in [0.29, 0.717) is 12.8 Å². The van der Waals surface area contributed by atoms with E-state index < -0.39 is 5.97 Å². The summed E-state index contributed by atoms with van der Waals surface area (Å²) >= 11 is 0. The number of anilines is 1. The van der Waals surface area contributed by atoms with Crippen LogP contribution in [-0.4, -0.2) is 38.8 Å². The van der Waals surface area contributed by atoms with Crippen molar-refractivity contribution >= 4 is 17.3 Å². The van der Waals surface area contributed by atoms with Crippen molar-refractivity contribution in [3.8, 4) is 0 Å². The fourth-order valence-electron chi connectivity index (χ4n) is 2.80. The van der Waals surface area contributed by atoms with Gasteiger partial charge in [-0.15, -0.1) is 10.2 Å². The summed E-state index contributed by atoms with van der Waals surface area (Å²) in [6, 6.07) is 4.03. The number of nitrogens with zero attached hydrogens (tertiary/aromatic N) is 4. The molecular weight excluding hydrogens is 256 g/mol. The van der Waals surface area contributed by atoms with E-state index in [1.54, 1.807) is 0 Å². The largest absolute Gasteiger partial charge is 0.481 e. The van der Waals surface area contributed by atoms with E-state index >= 15 is 0 Å². The Labute approximate surface area is 117 Å². The average molecular weight is 274 g/mol. The number of carbonyl (C=O) groups is 1. The van der Waals surface area contributed by atoms with E-state index in [0.717, 1.165) is 36.7 Å². The Morgan fingerprint density at radius 2 is 2.15 bits per heavy atom. The lowest BCUT2D eigenvalue weighted by Crippen LogP contribution is -2.37. The highest BCUT2D eigenvalue weighted by molar-refractivity contribution is 5.72. The van der Waals surface area contributed by atoms with E-state index in [4.69, 9.17) is 5.11 Å². The molecule has 1 aliphatic rings. The van der Waals surface area contributed by atoms with Gasteiger partial charge in [0.1, 0.15) is 5.82 Å². The quantitative estimate of drug-likeness (QED) is 0.920. The SMILES string of the molecule is CCc1nnc(N2CCC(C(=O)O)CC2)c2cccn12.